The van der Waals surface area contributed by atoms with E-state index >= 15 is 0 Å². The van der Waals surface area contributed by atoms with Crippen LogP contribution >= 0.6 is 0 Å². The molecule has 0 rings (SSSR count). The lowest BCUT2D eigenvalue weighted by molar-refractivity contribution is 0.314. The summed E-state index contributed by atoms with van der Waals surface area (Å²) in [6, 6.07) is 0. The minimum atomic E-state index is 0.490. The zero-order chi connectivity index (χ0) is 8.74. The first-order valence-electron chi connectivity index (χ1n) is 4.83. The van der Waals surface area contributed by atoms with Crippen molar-refractivity contribution in [1.82, 2.24) is 5.32 Å². The first-order chi connectivity index (χ1) is 5.12. The average molecular weight is 155 g/mol. The summed E-state index contributed by atoms with van der Waals surface area (Å²) in [6.07, 6.45) is 3.85. The number of nitrogens with one attached hydrogen (secondary N) is 1. The van der Waals surface area contributed by atoms with Crippen LogP contribution in [0.2, 0.25) is 6.32 Å². The Morgan fingerprint density at radius 2 is 2.00 bits per heavy atom. The van der Waals surface area contributed by atoms with Crippen LogP contribution in [-0.2, 0) is 0 Å². The minimum absolute atomic E-state index is 0.490. The lowest BCUT2D eigenvalue weighted by atomic mass is 9.88. The third-order valence-corrected chi connectivity index (χ3v) is 1.96. The zero-order valence-electron chi connectivity index (χ0n) is 8.54. The molecule has 0 fully saturated rings. The van der Waals surface area contributed by atoms with Crippen LogP contribution in [0, 0.1) is 5.41 Å². The Kier molecular flexibility index (Phi) is 5.66. The fraction of sp³-hybridized carbons (Fsp3) is 1.00. The Morgan fingerprint density at radius 1 is 1.36 bits per heavy atom. The first kappa shape index (κ1) is 11.0. The summed E-state index contributed by atoms with van der Waals surface area (Å²) in [6.45, 7) is 9.24. The molecule has 0 aliphatic heterocycles. The highest BCUT2D eigenvalue weighted by atomic mass is 14.9. The Balaban J connectivity index is 3.38. The number of hydrogen-bond donors (Lipinski definition) is 1. The van der Waals surface area contributed by atoms with E-state index in [1.165, 1.54) is 19.2 Å². The second-order valence-corrected chi connectivity index (χ2v) is 4.09. The molecule has 0 aromatic heterocycles. The fourth-order valence-electron chi connectivity index (χ4n) is 1.37. The van der Waals surface area contributed by atoms with Gasteiger partial charge in [0.05, 0.1) is 0 Å². The average Bonchev–Trinajstić information content (AvgIpc) is 1.87. The molecular formula is C9H22BN. The van der Waals surface area contributed by atoms with Crippen molar-refractivity contribution in [2.45, 2.75) is 39.9 Å². The molecule has 0 amide bonds. The number of rotatable bonds is 6. The van der Waals surface area contributed by atoms with Gasteiger partial charge in [0.2, 0.25) is 0 Å². The van der Waals surface area contributed by atoms with Crippen molar-refractivity contribution in [3.05, 3.63) is 0 Å². The molecule has 1 N–H and O–H groups in total. The van der Waals surface area contributed by atoms with E-state index < -0.39 is 0 Å². The fourth-order valence-corrected chi connectivity index (χ4v) is 1.37. The number of hydrogen-bond acceptors (Lipinski definition) is 1. The molecule has 0 aliphatic carbocycles. The zero-order valence-corrected chi connectivity index (χ0v) is 8.54. The van der Waals surface area contributed by atoms with Gasteiger partial charge in [-0.05, 0) is 18.4 Å². The van der Waals surface area contributed by atoms with Crippen LogP contribution in [0.15, 0.2) is 0 Å². The maximum atomic E-state index is 3.46. The van der Waals surface area contributed by atoms with Crippen LogP contribution in [-0.4, -0.2) is 20.9 Å². The van der Waals surface area contributed by atoms with E-state index in [1.54, 1.807) is 0 Å². The predicted octanol–water partition coefficient (Wildman–Crippen LogP) is 1.45. The van der Waals surface area contributed by atoms with Gasteiger partial charge in [0.25, 0.3) is 0 Å². The second-order valence-electron chi connectivity index (χ2n) is 4.09. The Morgan fingerprint density at radius 3 is 2.45 bits per heavy atom. The molecule has 0 saturated carbocycles. The summed E-state index contributed by atoms with van der Waals surface area (Å²) in [7, 11) is 2.21. The van der Waals surface area contributed by atoms with Gasteiger partial charge in [0, 0.05) is 6.54 Å². The molecule has 0 atom stereocenters. The summed E-state index contributed by atoms with van der Waals surface area (Å²) < 4.78 is 0. The van der Waals surface area contributed by atoms with Crippen molar-refractivity contribution in [2.75, 3.05) is 13.1 Å². The SMILES string of the molecule is BCCNCC(C)(C)CCC. The molecule has 0 bridgehead atoms. The summed E-state index contributed by atoms with van der Waals surface area (Å²) >= 11 is 0. The third-order valence-electron chi connectivity index (χ3n) is 1.96. The van der Waals surface area contributed by atoms with Gasteiger partial charge in [-0.15, -0.1) is 0 Å². The molecule has 0 spiro atoms. The normalized spacial score (nSPS) is 11.9. The van der Waals surface area contributed by atoms with E-state index in [0.29, 0.717) is 5.41 Å². The largest absolute Gasteiger partial charge is 0.317 e. The van der Waals surface area contributed by atoms with Crippen LogP contribution in [0.25, 0.3) is 0 Å². The molecule has 0 aromatic carbocycles. The molecule has 0 aliphatic rings. The summed E-state index contributed by atoms with van der Waals surface area (Å²) in [5, 5.41) is 3.46. The van der Waals surface area contributed by atoms with Gasteiger partial charge in [-0.25, -0.2) is 0 Å². The molecule has 1 nitrogen and oxygen atoms in total. The smallest absolute Gasteiger partial charge is 0.102 e. The molecule has 66 valence electrons. The van der Waals surface area contributed by atoms with Crippen LogP contribution < -0.4 is 5.32 Å². The van der Waals surface area contributed by atoms with Crippen molar-refractivity contribution in [3.8, 4) is 0 Å². The van der Waals surface area contributed by atoms with E-state index in [4.69, 9.17) is 0 Å². The van der Waals surface area contributed by atoms with E-state index in [1.807, 2.05) is 0 Å². The van der Waals surface area contributed by atoms with E-state index in [9.17, 15) is 0 Å². The van der Waals surface area contributed by atoms with Crippen LogP contribution in [0.1, 0.15) is 33.6 Å². The summed E-state index contributed by atoms with van der Waals surface area (Å²) in [5.74, 6) is 0. The van der Waals surface area contributed by atoms with Gasteiger partial charge >= 0.3 is 0 Å². The van der Waals surface area contributed by atoms with E-state index in [0.717, 1.165) is 13.1 Å². The maximum absolute atomic E-state index is 3.46. The highest BCUT2D eigenvalue weighted by molar-refractivity contribution is 6.08. The molecular weight excluding hydrogens is 133 g/mol. The molecule has 2 heteroatoms. The predicted molar refractivity (Wildman–Crippen MR) is 54.9 cm³/mol. The lowest BCUT2D eigenvalue weighted by Gasteiger charge is -2.24. The van der Waals surface area contributed by atoms with Gasteiger partial charge < -0.3 is 5.32 Å². The highest BCUT2D eigenvalue weighted by Gasteiger charge is 2.14. The Labute approximate surface area is 72.4 Å². The molecule has 0 aromatic rings. The molecule has 0 radical (unpaired) electrons. The minimum Gasteiger partial charge on any atom is -0.317 e. The summed E-state index contributed by atoms with van der Waals surface area (Å²) in [4.78, 5) is 0. The van der Waals surface area contributed by atoms with Gasteiger partial charge in [-0.1, -0.05) is 33.5 Å². The molecule has 11 heavy (non-hydrogen) atoms. The first-order valence-corrected chi connectivity index (χ1v) is 4.83. The van der Waals surface area contributed by atoms with Crippen molar-refractivity contribution in [1.29, 1.82) is 0 Å². The topological polar surface area (TPSA) is 12.0 Å². The molecule has 0 saturated heterocycles. The monoisotopic (exact) mass is 155 g/mol. The Bertz CT molecular complexity index is 91.6. The highest BCUT2D eigenvalue weighted by Crippen LogP contribution is 2.20. The van der Waals surface area contributed by atoms with Crippen LogP contribution in [0.4, 0.5) is 0 Å². The maximum Gasteiger partial charge on any atom is 0.102 e. The van der Waals surface area contributed by atoms with Crippen LogP contribution in [0.5, 0.6) is 0 Å². The van der Waals surface area contributed by atoms with Crippen molar-refractivity contribution in [2.24, 2.45) is 5.41 Å². The van der Waals surface area contributed by atoms with Gasteiger partial charge in [0.15, 0.2) is 0 Å². The molecule has 0 heterocycles. The molecule has 0 unspecified atom stereocenters. The third kappa shape index (κ3) is 6.42. The van der Waals surface area contributed by atoms with Crippen molar-refractivity contribution in [3.63, 3.8) is 0 Å². The van der Waals surface area contributed by atoms with E-state index in [2.05, 4.69) is 33.9 Å². The lowest BCUT2D eigenvalue weighted by Crippen LogP contribution is -2.29. The Hall–Kier alpha value is 0.0249. The van der Waals surface area contributed by atoms with Gasteiger partial charge in [-0.3, -0.25) is 0 Å². The quantitative estimate of drug-likeness (QED) is 0.452. The summed E-state index contributed by atoms with van der Waals surface area (Å²) in [5.41, 5.74) is 0.490. The standard InChI is InChI=1S/C9H22BN/c1-4-5-9(2,3)8-11-7-6-10/h11H,4-8,10H2,1-3H3. The van der Waals surface area contributed by atoms with Gasteiger partial charge in [-0.2, -0.15) is 0 Å². The van der Waals surface area contributed by atoms with Crippen molar-refractivity contribution < 1.29 is 0 Å². The van der Waals surface area contributed by atoms with E-state index in [-0.39, 0.29) is 0 Å². The van der Waals surface area contributed by atoms with Gasteiger partial charge in [0.1, 0.15) is 7.85 Å². The van der Waals surface area contributed by atoms with Crippen LogP contribution in [0.3, 0.4) is 0 Å². The van der Waals surface area contributed by atoms with Crippen molar-refractivity contribution >= 4 is 7.85 Å². The second kappa shape index (κ2) is 5.65.